The quantitative estimate of drug-likeness (QED) is 0.910. The minimum absolute atomic E-state index is 0.136. The van der Waals surface area contributed by atoms with Gasteiger partial charge in [0.2, 0.25) is 0 Å². The van der Waals surface area contributed by atoms with Gasteiger partial charge in [0.15, 0.2) is 0 Å². The molecule has 7 heteroatoms. The zero-order chi connectivity index (χ0) is 15.7. The molecule has 1 saturated heterocycles. The third-order valence-electron chi connectivity index (χ3n) is 4.02. The Morgan fingerprint density at radius 3 is 3.05 bits per heavy atom. The van der Waals surface area contributed by atoms with E-state index in [0.717, 1.165) is 15.8 Å². The van der Waals surface area contributed by atoms with Crippen molar-refractivity contribution in [2.24, 2.45) is 5.92 Å². The lowest BCUT2D eigenvalue weighted by Gasteiger charge is -2.21. The monoisotopic (exact) mass is 319 g/mol. The SMILES string of the molecule is CC(NC(=O)N1CCC(C(=O)O)C1)c1ccc2ncsc2c1. The van der Waals surface area contributed by atoms with E-state index in [9.17, 15) is 9.59 Å². The summed E-state index contributed by atoms with van der Waals surface area (Å²) in [6.45, 7) is 2.69. The van der Waals surface area contributed by atoms with Gasteiger partial charge in [0.25, 0.3) is 0 Å². The molecule has 2 N–H and O–H groups in total. The Hall–Kier alpha value is -2.15. The minimum Gasteiger partial charge on any atom is -0.481 e. The number of hydrogen-bond donors (Lipinski definition) is 2. The molecule has 1 aliphatic heterocycles. The number of rotatable bonds is 3. The first-order valence-electron chi connectivity index (χ1n) is 7.16. The number of benzene rings is 1. The number of carboxylic acid groups (broad SMARTS) is 1. The van der Waals surface area contributed by atoms with E-state index in [4.69, 9.17) is 5.11 Å². The molecule has 0 spiro atoms. The molecule has 1 aromatic heterocycles. The molecule has 1 fully saturated rings. The fourth-order valence-electron chi connectivity index (χ4n) is 2.65. The summed E-state index contributed by atoms with van der Waals surface area (Å²) in [4.78, 5) is 29.0. The van der Waals surface area contributed by atoms with E-state index >= 15 is 0 Å². The van der Waals surface area contributed by atoms with E-state index in [-0.39, 0.29) is 18.6 Å². The molecule has 2 atom stereocenters. The average molecular weight is 319 g/mol. The van der Waals surface area contributed by atoms with Crippen molar-refractivity contribution in [2.45, 2.75) is 19.4 Å². The van der Waals surface area contributed by atoms with Crippen molar-refractivity contribution < 1.29 is 14.7 Å². The number of nitrogens with one attached hydrogen (secondary N) is 1. The van der Waals surface area contributed by atoms with Crippen LogP contribution in [0.15, 0.2) is 23.7 Å². The summed E-state index contributed by atoms with van der Waals surface area (Å²) in [5.74, 6) is -1.28. The molecular formula is C15H17N3O3S. The molecule has 2 aromatic rings. The Balaban J connectivity index is 1.64. The van der Waals surface area contributed by atoms with E-state index in [1.54, 1.807) is 21.7 Å². The summed E-state index contributed by atoms with van der Waals surface area (Å²) in [6, 6.07) is 5.59. The van der Waals surface area contributed by atoms with Crippen molar-refractivity contribution in [2.75, 3.05) is 13.1 Å². The highest BCUT2D eigenvalue weighted by Crippen LogP contribution is 2.23. The van der Waals surface area contributed by atoms with E-state index in [2.05, 4.69) is 10.3 Å². The summed E-state index contributed by atoms with van der Waals surface area (Å²) in [7, 11) is 0. The van der Waals surface area contributed by atoms with E-state index in [0.29, 0.717) is 13.0 Å². The van der Waals surface area contributed by atoms with Crippen LogP contribution in [0.25, 0.3) is 10.2 Å². The molecule has 0 aliphatic carbocycles. The van der Waals surface area contributed by atoms with Crippen LogP contribution in [-0.2, 0) is 4.79 Å². The molecule has 1 aliphatic rings. The Morgan fingerprint density at radius 2 is 2.32 bits per heavy atom. The van der Waals surface area contributed by atoms with Gasteiger partial charge in [-0.25, -0.2) is 9.78 Å². The lowest BCUT2D eigenvalue weighted by Crippen LogP contribution is -2.40. The molecule has 22 heavy (non-hydrogen) atoms. The van der Waals surface area contributed by atoms with Crippen molar-refractivity contribution in [1.82, 2.24) is 15.2 Å². The second-order valence-corrected chi connectivity index (χ2v) is 6.41. The van der Waals surface area contributed by atoms with Gasteiger partial charge in [-0.15, -0.1) is 11.3 Å². The van der Waals surface area contributed by atoms with Gasteiger partial charge in [0.1, 0.15) is 0 Å². The van der Waals surface area contributed by atoms with Crippen molar-refractivity contribution >= 4 is 33.6 Å². The summed E-state index contributed by atoms with van der Waals surface area (Å²) < 4.78 is 1.09. The molecule has 116 valence electrons. The van der Waals surface area contributed by atoms with Gasteiger partial charge in [-0.05, 0) is 31.0 Å². The molecule has 2 amide bonds. The molecular weight excluding hydrogens is 302 g/mol. The van der Waals surface area contributed by atoms with Crippen LogP contribution >= 0.6 is 11.3 Å². The summed E-state index contributed by atoms with van der Waals surface area (Å²) >= 11 is 1.57. The first kappa shape index (κ1) is 14.8. The standard InChI is InChI=1S/C15H17N3O3S/c1-9(10-2-3-12-13(6-10)22-8-16-12)17-15(21)18-5-4-11(7-18)14(19)20/h2-3,6,8-9,11H,4-5,7H2,1H3,(H,17,21)(H,19,20). The Labute approximate surface area is 131 Å². The zero-order valence-electron chi connectivity index (χ0n) is 12.2. The number of likely N-dealkylation sites (tertiary alicyclic amines) is 1. The van der Waals surface area contributed by atoms with Gasteiger partial charge < -0.3 is 15.3 Å². The fraction of sp³-hybridized carbons (Fsp3) is 0.400. The predicted molar refractivity (Wildman–Crippen MR) is 83.9 cm³/mol. The number of carbonyl (C=O) groups excluding carboxylic acids is 1. The topological polar surface area (TPSA) is 82.5 Å². The van der Waals surface area contributed by atoms with Crippen LogP contribution in [0.4, 0.5) is 4.79 Å². The third kappa shape index (κ3) is 2.89. The van der Waals surface area contributed by atoms with Crippen molar-refractivity contribution in [3.8, 4) is 0 Å². The summed E-state index contributed by atoms with van der Waals surface area (Å²) in [5.41, 5.74) is 3.77. The normalized spacial score (nSPS) is 19.3. The maximum Gasteiger partial charge on any atom is 0.317 e. The summed E-state index contributed by atoms with van der Waals surface area (Å²) in [6.07, 6.45) is 0.518. The van der Waals surface area contributed by atoms with Crippen molar-refractivity contribution in [3.63, 3.8) is 0 Å². The fourth-order valence-corrected chi connectivity index (χ4v) is 3.37. The van der Waals surface area contributed by atoms with Crippen molar-refractivity contribution in [1.29, 1.82) is 0 Å². The number of fused-ring (bicyclic) bond motifs is 1. The molecule has 1 aromatic carbocycles. The molecule has 0 saturated carbocycles. The molecule has 0 radical (unpaired) electrons. The Bertz CT molecular complexity index is 715. The number of carbonyl (C=O) groups is 2. The number of nitrogens with zero attached hydrogens (tertiary/aromatic N) is 2. The van der Waals surface area contributed by atoms with Crippen LogP contribution in [0.5, 0.6) is 0 Å². The zero-order valence-corrected chi connectivity index (χ0v) is 13.0. The van der Waals surface area contributed by atoms with Gasteiger partial charge in [-0.3, -0.25) is 4.79 Å². The van der Waals surface area contributed by atoms with Gasteiger partial charge in [0.05, 0.1) is 27.7 Å². The highest BCUT2D eigenvalue weighted by atomic mass is 32.1. The summed E-state index contributed by atoms with van der Waals surface area (Å²) in [5, 5.41) is 11.9. The van der Waals surface area contributed by atoms with Crippen LogP contribution in [0, 0.1) is 5.92 Å². The molecule has 0 bridgehead atoms. The Morgan fingerprint density at radius 1 is 1.50 bits per heavy atom. The van der Waals surface area contributed by atoms with Gasteiger partial charge >= 0.3 is 12.0 Å². The van der Waals surface area contributed by atoms with Gasteiger partial charge in [-0.1, -0.05) is 6.07 Å². The van der Waals surface area contributed by atoms with Gasteiger partial charge in [0, 0.05) is 13.1 Å². The first-order chi connectivity index (χ1) is 10.5. The van der Waals surface area contributed by atoms with E-state index in [1.165, 1.54) is 0 Å². The van der Waals surface area contributed by atoms with E-state index in [1.807, 2.05) is 25.1 Å². The van der Waals surface area contributed by atoms with Crippen LogP contribution in [0.3, 0.4) is 0 Å². The second-order valence-electron chi connectivity index (χ2n) is 5.52. The van der Waals surface area contributed by atoms with Crippen LogP contribution in [0.2, 0.25) is 0 Å². The smallest absolute Gasteiger partial charge is 0.317 e. The Kier molecular flexibility index (Phi) is 3.98. The van der Waals surface area contributed by atoms with E-state index < -0.39 is 11.9 Å². The highest BCUT2D eigenvalue weighted by Gasteiger charge is 2.31. The van der Waals surface area contributed by atoms with Crippen LogP contribution < -0.4 is 5.32 Å². The molecule has 6 nitrogen and oxygen atoms in total. The number of urea groups is 1. The number of aliphatic carboxylic acids is 1. The maximum atomic E-state index is 12.2. The number of aromatic nitrogens is 1. The minimum atomic E-state index is -0.834. The maximum absolute atomic E-state index is 12.2. The second kappa shape index (κ2) is 5.92. The lowest BCUT2D eigenvalue weighted by atomic mass is 10.1. The molecule has 2 unspecified atom stereocenters. The van der Waals surface area contributed by atoms with Crippen LogP contribution in [-0.4, -0.2) is 40.1 Å². The first-order valence-corrected chi connectivity index (χ1v) is 8.04. The average Bonchev–Trinajstić information content (AvgIpc) is 3.15. The molecule has 3 rings (SSSR count). The number of hydrogen-bond acceptors (Lipinski definition) is 4. The number of carboxylic acids is 1. The third-order valence-corrected chi connectivity index (χ3v) is 4.81. The molecule has 2 heterocycles. The lowest BCUT2D eigenvalue weighted by molar-refractivity contribution is -0.141. The highest BCUT2D eigenvalue weighted by molar-refractivity contribution is 7.16. The van der Waals surface area contributed by atoms with Gasteiger partial charge in [-0.2, -0.15) is 0 Å². The number of amides is 2. The van der Waals surface area contributed by atoms with Crippen molar-refractivity contribution in [3.05, 3.63) is 29.3 Å². The largest absolute Gasteiger partial charge is 0.481 e. The predicted octanol–water partition coefficient (Wildman–Crippen LogP) is 2.47. The van der Waals surface area contributed by atoms with Crippen LogP contribution in [0.1, 0.15) is 24.9 Å². The number of thiazole rings is 1.